The fourth-order valence-corrected chi connectivity index (χ4v) is 3.20. The molecule has 4 heterocycles. The van der Waals surface area contributed by atoms with Gasteiger partial charge in [0.1, 0.15) is 12.1 Å². The molecule has 156 valence electrons. The van der Waals surface area contributed by atoms with Gasteiger partial charge in [0.15, 0.2) is 5.82 Å². The first kappa shape index (κ1) is 19.8. The maximum atomic E-state index is 12.9. The van der Waals surface area contributed by atoms with E-state index in [0.29, 0.717) is 56.0 Å². The molecule has 9 nitrogen and oxygen atoms in total. The number of amides is 1. The van der Waals surface area contributed by atoms with Crippen LogP contribution in [0.15, 0.2) is 49.2 Å². The Hall–Kier alpha value is -3.49. The molecule has 1 aliphatic rings. The standard InChI is InChI=1S/C21H25N7O2/c1-16(2)14-30-20-11-19(23-15-24-20)26-7-9-27(10-8-26)21(29)17-12-25-28(13-17)18-5-3-4-6-22-18/h3-6,11-13,15-16H,7-10,14H2,1-2H3. The van der Waals surface area contributed by atoms with E-state index in [-0.39, 0.29) is 5.91 Å². The first-order valence-corrected chi connectivity index (χ1v) is 10.1. The molecule has 0 radical (unpaired) electrons. The quantitative estimate of drug-likeness (QED) is 0.618. The maximum Gasteiger partial charge on any atom is 0.257 e. The number of hydrogen-bond donors (Lipinski definition) is 0. The zero-order valence-electron chi connectivity index (χ0n) is 17.2. The van der Waals surface area contributed by atoms with Crippen molar-refractivity contribution in [1.29, 1.82) is 0 Å². The Morgan fingerprint density at radius 1 is 1.10 bits per heavy atom. The van der Waals surface area contributed by atoms with E-state index >= 15 is 0 Å². The Bertz CT molecular complexity index is 982. The Labute approximate surface area is 175 Å². The van der Waals surface area contributed by atoms with Crippen molar-refractivity contribution < 1.29 is 9.53 Å². The summed E-state index contributed by atoms with van der Waals surface area (Å²) in [6.07, 6.45) is 6.53. The first-order valence-electron chi connectivity index (χ1n) is 10.1. The second kappa shape index (κ2) is 8.89. The largest absolute Gasteiger partial charge is 0.477 e. The number of nitrogens with zero attached hydrogens (tertiary/aromatic N) is 7. The summed E-state index contributed by atoms with van der Waals surface area (Å²) in [5.74, 6) is 2.48. The van der Waals surface area contributed by atoms with E-state index < -0.39 is 0 Å². The van der Waals surface area contributed by atoms with Crippen molar-refractivity contribution in [3.63, 3.8) is 0 Å². The molecule has 0 N–H and O–H groups in total. The lowest BCUT2D eigenvalue weighted by atomic mass is 10.2. The Morgan fingerprint density at radius 3 is 2.67 bits per heavy atom. The maximum absolute atomic E-state index is 12.9. The van der Waals surface area contributed by atoms with Crippen LogP contribution < -0.4 is 9.64 Å². The average molecular weight is 407 g/mol. The van der Waals surface area contributed by atoms with Crippen LogP contribution in [-0.4, -0.2) is 68.3 Å². The van der Waals surface area contributed by atoms with Crippen LogP contribution in [0.4, 0.5) is 5.82 Å². The van der Waals surface area contributed by atoms with Gasteiger partial charge in [-0.1, -0.05) is 19.9 Å². The summed E-state index contributed by atoms with van der Waals surface area (Å²) in [6, 6.07) is 7.43. The van der Waals surface area contributed by atoms with Gasteiger partial charge in [-0.05, 0) is 18.1 Å². The number of ether oxygens (including phenoxy) is 1. The van der Waals surface area contributed by atoms with Crippen LogP contribution >= 0.6 is 0 Å². The van der Waals surface area contributed by atoms with Crippen molar-refractivity contribution in [2.75, 3.05) is 37.7 Å². The number of anilines is 1. The van der Waals surface area contributed by atoms with Gasteiger partial charge in [-0.25, -0.2) is 19.6 Å². The summed E-state index contributed by atoms with van der Waals surface area (Å²) in [5, 5.41) is 4.27. The van der Waals surface area contributed by atoms with Gasteiger partial charge in [0, 0.05) is 44.6 Å². The summed E-state index contributed by atoms with van der Waals surface area (Å²) in [5.41, 5.74) is 0.556. The number of hydrogen-bond acceptors (Lipinski definition) is 7. The molecular weight excluding hydrogens is 382 g/mol. The van der Waals surface area contributed by atoms with Crippen molar-refractivity contribution in [3.05, 3.63) is 54.7 Å². The van der Waals surface area contributed by atoms with Gasteiger partial charge in [-0.3, -0.25) is 4.79 Å². The van der Waals surface area contributed by atoms with Gasteiger partial charge >= 0.3 is 0 Å². The third-order valence-corrected chi connectivity index (χ3v) is 4.80. The number of carbonyl (C=O) groups excluding carboxylic acids is 1. The molecule has 0 atom stereocenters. The van der Waals surface area contributed by atoms with Gasteiger partial charge in [-0.2, -0.15) is 5.10 Å². The van der Waals surface area contributed by atoms with Crippen LogP contribution in [-0.2, 0) is 0 Å². The smallest absolute Gasteiger partial charge is 0.257 e. The molecule has 3 aromatic heterocycles. The summed E-state index contributed by atoms with van der Waals surface area (Å²) >= 11 is 0. The van der Waals surface area contributed by atoms with Crippen molar-refractivity contribution in [1.82, 2.24) is 29.6 Å². The lowest BCUT2D eigenvalue weighted by Gasteiger charge is -2.35. The van der Waals surface area contributed by atoms with Crippen molar-refractivity contribution in [3.8, 4) is 11.7 Å². The van der Waals surface area contributed by atoms with Gasteiger partial charge in [0.25, 0.3) is 5.91 Å². The van der Waals surface area contributed by atoms with Crippen LogP contribution in [0, 0.1) is 5.92 Å². The Morgan fingerprint density at radius 2 is 1.93 bits per heavy atom. The number of piperazine rings is 1. The molecule has 1 fully saturated rings. The lowest BCUT2D eigenvalue weighted by Crippen LogP contribution is -2.49. The molecule has 1 amide bonds. The predicted octanol–water partition coefficient (Wildman–Crippen LogP) is 2.05. The summed E-state index contributed by atoms with van der Waals surface area (Å²) in [7, 11) is 0. The minimum atomic E-state index is -0.0273. The molecule has 30 heavy (non-hydrogen) atoms. The lowest BCUT2D eigenvalue weighted by molar-refractivity contribution is 0.0746. The van der Waals surface area contributed by atoms with Crippen molar-refractivity contribution in [2.24, 2.45) is 5.92 Å². The second-order valence-corrected chi connectivity index (χ2v) is 7.56. The van der Waals surface area contributed by atoms with Gasteiger partial charge in [0.2, 0.25) is 5.88 Å². The number of pyridine rings is 1. The molecule has 9 heteroatoms. The summed E-state index contributed by atoms with van der Waals surface area (Å²) in [6.45, 7) is 7.42. The molecule has 0 aromatic carbocycles. The fraction of sp³-hybridized carbons (Fsp3) is 0.381. The van der Waals surface area contributed by atoms with E-state index in [9.17, 15) is 4.79 Å². The minimum absolute atomic E-state index is 0.0273. The molecule has 3 aromatic rings. The average Bonchev–Trinajstić information content (AvgIpc) is 3.28. The zero-order chi connectivity index (χ0) is 20.9. The Balaban J connectivity index is 1.36. The summed E-state index contributed by atoms with van der Waals surface area (Å²) < 4.78 is 7.31. The number of rotatable bonds is 6. The highest BCUT2D eigenvalue weighted by Crippen LogP contribution is 2.19. The molecule has 1 aliphatic heterocycles. The highest BCUT2D eigenvalue weighted by Gasteiger charge is 2.24. The van der Waals surface area contributed by atoms with E-state index in [1.54, 1.807) is 23.3 Å². The normalized spacial score (nSPS) is 14.2. The monoisotopic (exact) mass is 407 g/mol. The molecule has 0 unspecified atom stereocenters. The van der Waals surface area contributed by atoms with Crippen LogP contribution in [0.3, 0.4) is 0 Å². The Kier molecular flexibility index (Phi) is 5.87. The van der Waals surface area contributed by atoms with Crippen LogP contribution in [0.25, 0.3) is 5.82 Å². The van der Waals surface area contributed by atoms with Crippen molar-refractivity contribution >= 4 is 11.7 Å². The van der Waals surface area contributed by atoms with Crippen LogP contribution in [0.2, 0.25) is 0 Å². The number of aromatic nitrogens is 5. The zero-order valence-corrected chi connectivity index (χ0v) is 17.2. The molecule has 0 spiro atoms. The third kappa shape index (κ3) is 4.56. The topological polar surface area (TPSA) is 89.3 Å². The summed E-state index contributed by atoms with van der Waals surface area (Å²) in [4.78, 5) is 29.7. The van der Waals surface area contributed by atoms with Crippen LogP contribution in [0.5, 0.6) is 5.88 Å². The van der Waals surface area contributed by atoms with E-state index in [1.807, 2.05) is 29.2 Å². The number of carbonyl (C=O) groups is 1. The molecule has 1 saturated heterocycles. The second-order valence-electron chi connectivity index (χ2n) is 7.56. The molecule has 0 saturated carbocycles. The van der Waals surface area contributed by atoms with Gasteiger partial charge in [-0.15, -0.1) is 0 Å². The fourth-order valence-electron chi connectivity index (χ4n) is 3.20. The molecule has 0 aliphatic carbocycles. The highest BCUT2D eigenvalue weighted by molar-refractivity contribution is 5.94. The third-order valence-electron chi connectivity index (χ3n) is 4.80. The van der Waals surface area contributed by atoms with Gasteiger partial charge in [0.05, 0.1) is 18.4 Å². The molecule has 0 bridgehead atoms. The minimum Gasteiger partial charge on any atom is -0.477 e. The van der Waals surface area contributed by atoms with Crippen LogP contribution in [0.1, 0.15) is 24.2 Å². The van der Waals surface area contributed by atoms with E-state index in [4.69, 9.17) is 4.74 Å². The van der Waals surface area contributed by atoms with E-state index in [2.05, 4.69) is 38.8 Å². The van der Waals surface area contributed by atoms with E-state index in [0.717, 1.165) is 5.82 Å². The van der Waals surface area contributed by atoms with Gasteiger partial charge < -0.3 is 14.5 Å². The van der Waals surface area contributed by atoms with E-state index in [1.165, 1.54) is 6.33 Å². The molecular formula is C21H25N7O2. The molecule has 4 rings (SSSR count). The predicted molar refractivity (Wildman–Crippen MR) is 112 cm³/mol. The highest BCUT2D eigenvalue weighted by atomic mass is 16.5. The van der Waals surface area contributed by atoms with Crippen molar-refractivity contribution in [2.45, 2.75) is 13.8 Å². The first-order chi connectivity index (χ1) is 14.6. The SMILES string of the molecule is CC(C)COc1cc(N2CCN(C(=O)c3cnn(-c4ccccn4)c3)CC2)ncn1.